The zero-order valence-electron chi connectivity index (χ0n) is 8.81. The molecule has 0 aromatic heterocycles. The third-order valence-corrected chi connectivity index (χ3v) is 1.89. The Morgan fingerprint density at radius 2 is 1.50 bits per heavy atom. The summed E-state index contributed by atoms with van der Waals surface area (Å²) in [5, 5.41) is 0. The van der Waals surface area contributed by atoms with E-state index in [1.807, 2.05) is 0 Å². The molecule has 5 heteroatoms. The van der Waals surface area contributed by atoms with Gasteiger partial charge in [-0.15, -0.1) is 0 Å². The van der Waals surface area contributed by atoms with Crippen LogP contribution in [0.5, 0.6) is 0 Å². The summed E-state index contributed by atoms with van der Waals surface area (Å²) in [7, 11) is 2.45. The molecule has 0 aliphatic heterocycles. The molecule has 0 spiro atoms. The van der Waals surface area contributed by atoms with E-state index in [2.05, 4.69) is 14.3 Å². The summed E-state index contributed by atoms with van der Waals surface area (Å²) in [6, 6.07) is 4.03. The molecule has 1 aromatic carbocycles. The van der Waals surface area contributed by atoms with Gasteiger partial charge in [-0.1, -0.05) is 0 Å². The first-order valence-electron chi connectivity index (χ1n) is 4.31. The molecule has 16 heavy (non-hydrogen) atoms. The van der Waals surface area contributed by atoms with Crippen LogP contribution < -0.4 is 0 Å². The van der Waals surface area contributed by atoms with Crippen molar-refractivity contribution in [3.05, 3.63) is 40.7 Å². The number of ether oxygens (including phenoxy) is 2. The van der Waals surface area contributed by atoms with E-state index in [9.17, 15) is 9.59 Å². The number of hydrogen-bond acceptors (Lipinski definition) is 4. The standard InChI is InChI=1S/C11H9NO4/c1-12-9-5-7(10(13)15-2)4-8(6-9)11(14)16-3/h4-6H,2-3H3. The quantitative estimate of drug-likeness (QED) is 0.562. The fraction of sp³-hybridized carbons (Fsp3) is 0.182. The van der Waals surface area contributed by atoms with Gasteiger partial charge in [0.05, 0.1) is 31.9 Å². The first kappa shape index (κ1) is 11.7. The summed E-state index contributed by atoms with van der Waals surface area (Å²) in [6.45, 7) is 6.85. The Bertz CT molecular complexity index is 439. The predicted molar refractivity (Wildman–Crippen MR) is 55.4 cm³/mol. The fourth-order valence-electron chi connectivity index (χ4n) is 1.15. The van der Waals surface area contributed by atoms with Crippen molar-refractivity contribution in [2.24, 2.45) is 0 Å². The van der Waals surface area contributed by atoms with E-state index in [0.29, 0.717) is 0 Å². The smallest absolute Gasteiger partial charge is 0.336 e. The van der Waals surface area contributed by atoms with Gasteiger partial charge in [0, 0.05) is 0 Å². The summed E-state index contributed by atoms with van der Waals surface area (Å²) in [5.41, 5.74) is 0.483. The van der Waals surface area contributed by atoms with Crippen LogP contribution in [-0.2, 0) is 9.47 Å². The van der Waals surface area contributed by atoms with Crippen LogP contribution in [-0.4, -0.2) is 26.2 Å². The molecular weight excluding hydrogens is 210 g/mol. The topological polar surface area (TPSA) is 57.0 Å². The van der Waals surface area contributed by atoms with Crippen molar-refractivity contribution < 1.29 is 19.1 Å². The number of rotatable bonds is 2. The molecule has 0 N–H and O–H groups in total. The number of methoxy groups -OCH3 is 2. The Hall–Kier alpha value is -2.35. The normalized spacial score (nSPS) is 9.06. The summed E-state index contributed by atoms with van der Waals surface area (Å²) < 4.78 is 9.02. The van der Waals surface area contributed by atoms with Crippen molar-refractivity contribution in [1.82, 2.24) is 0 Å². The largest absolute Gasteiger partial charge is 0.465 e. The molecule has 0 heterocycles. The SMILES string of the molecule is [C-]#[N+]c1cc(C(=O)OC)cc(C(=O)OC)c1. The number of hydrogen-bond donors (Lipinski definition) is 0. The predicted octanol–water partition coefficient (Wildman–Crippen LogP) is 1.81. The van der Waals surface area contributed by atoms with E-state index in [4.69, 9.17) is 6.57 Å². The Morgan fingerprint density at radius 3 is 1.81 bits per heavy atom. The number of carbonyl (C=O) groups is 2. The Morgan fingerprint density at radius 1 is 1.06 bits per heavy atom. The number of nitrogens with zero attached hydrogens (tertiary/aromatic N) is 1. The lowest BCUT2D eigenvalue weighted by molar-refractivity contribution is 0.0599. The Kier molecular flexibility index (Phi) is 3.62. The third-order valence-electron chi connectivity index (χ3n) is 1.89. The second kappa shape index (κ2) is 4.94. The van der Waals surface area contributed by atoms with Crippen LogP contribution in [0.25, 0.3) is 4.85 Å². The monoisotopic (exact) mass is 219 g/mol. The lowest BCUT2D eigenvalue weighted by Crippen LogP contribution is -2.06. The molecule has 0 fully saturated rings. The molecule has 1 rings (SSSR count). The highest BCUT2D eigenvalue weighted by molar-refractivity contribution is 5.97. The molecule has 0 saturated carbocycles. The molecule has 0 bridgehead atoms. The summed E-state index contributed by atoms with van der Waals surface area (Å²) >= 11 is 0. The van der Waals surface area contributed by atoms with E-state index in [1.54, 1.807) is 0 Å². The van der Waals surface area contributed by atoms with Gasteiger partial charge >= 0.3 is 11.9 Å². The molecule has 0 aliphatic carbocycles. The summed E-state index contributed by atoms with van der Waals surface area (Å²) in [4.78, 5) is 25.7. The summed E-state index contributed by atoms with van der Waals surface area (Å²) in [5.74, 6) is -1.20. The Balaban J connectivity index is 3.27. The first-order chi connectivity index (χ1) is 7.62. The fourth-order valence-corrected chi connectivity index (χ4v) is 1.15. The second-order valence-electron chi connectivity index (χ2n) is 2.86. The lowest BCUT2D eigenvalue weighted by atomic mass is 10.1. The first-order valence-corrected chi connectivity index (χ1v) is 4.31. The van der Waals surface area contributed by atoms with E-state index in [1.165, 1.54) is 32.4 Å². The van der Waals surface area contributed by atoms with Gasteiger partial charge in [0.1, 0.15) is 0 Å². The maximum absolute atomic E-state index is 11.3. The van der Waals surface area contributed by atoms with E-state index in [-0.39, 0.29) is 16.8 Å². The lowest BCUT2D eigenvalue weighted by Gasteiger charge is -2.03. The van der Waals surface area contributed by atoms with E-state index in [0.717, 1.165) is 0 Å². The number of esters is 2. The average molecular weight is 219 g/mol. The van der Waals surface area contributed by atoms with E-state index < -0.39 is 11.9 Å². The van der Waals surface area contributed by atoms with Gasteiger partial charge in [-0.05, 0) is 18.2 Å². The van der Waals surface area contributed by atoms with Crippen LogP contribution in [0, 0.1) is 6.57 Å². The average Bonchev–Trinajstić information content (AvgIpc) is 2.35. The Labute approximate surface area is 92.4 Å². The van der Waals surface area contributed by atoms with Crippen molar-refractivity contribution in [3.63, 3.8) is 0 Å². The highest BCUT2D eigenvalue weighted by Gasteiger charge is 2.13. The minimum absolute atomic E-state index is 0.149. The summed E-state index contributed by atoms with van der Waals surface area (Å²) in [6.07, 6.45) is 0. The molecule has 0 unspecified atom stereocenters. The van der Waals surface area contributed by atoms with Gasteiger partial charge in [-0.2, -0.15) is 0 Å². The minimum atomic E-state index is -0.601. The number of carbonyl (C=O) groups excluding carboxylic acids is 2. The molecule has 1 aromatic rings. The van der Waals surface area contributed by atoms with Gasteiger partial charge in [-0.3, -0.25) is 0 Å². The highest BCUT2D eigenvalue weighted by atomic mass is 16.5. The van der Waals surface area contributed by atoms with Crippen molar-refractivity contribution in [2.75, 3.05) is 14.2 Å². The molecule has 0 atom stereocenters. The van der Waals surface area contributed by atoms with Crippen LogP contribution in [0.2, 0.25) is 0 Å². The molecule has 0 aliphatic rings. The molecule has 0 amide bonds. The zero-order valence-corrected chi connectivity index (χ0v) is 8.81. The molecule has 0 radical (unpaired) electrons. The van der Waals surface area contributed by atoms with Crippen LogP contribution in [0.4, 0.5) is 5.69 Å². The third kappa shape index (κ3) is 2.36. The van der Waals surface area contributed by atoms with Gasteiger partial charge < -0.3 is 9.47 Å². The van der Waals surface area contributed by atoms with Crippen LogP contribution >= 0.6 is 0 Å². The minimum Gasteiger partial charge on any atom is -0.465 e. The van der Waals surface area contributed by atoms with Crippen molar-refractivity contribution in [3.8, 4) is 0 Å². The van der Waals surface area contributed by atoms with Crippen LogP contribution in [0.15, 0.2) is 18.2 Å². The van der Waals surface area contributed by atoms with E-state index >= 15 is 0 Å². The zero-order chi connectivity index (χ0) is 12.1. The van der Waals surface area contributed by atoms with Crippen molar-refractivity contribution in [1.29, 1.82) is 0 Å². The van der Waals surface area contributed by atoms with Crippen molar-refractivity contribution in [2.45, 2.75) is 0 Å². The van der Waals surface area contributed by atoms with Crippen LogP contribution in [0.3, 0.4) is 0 Å². The van der Waals surface area contributed by atoms with Gasteiger partial charge in [0.2, 0.25) is 0 Å². The second-order valence-corrected chi connectivity index (χ2v) is 2.86. The maximum atomic E-state index is 11.3. The van der Waals surface area contributed by atoms with Crippen LogP contribution in [0.1, 0.15) is 20.7 Å². The number of benzene rings is 1. The molecule has 82 valence electrons. The maximum Gasteiger partial charge on any atom is 0.336 e. The molecule has 5 nitrogen and oxygen atoms in total. The van der Waals surface area contributed by atoms with Gasteiger partial charge in [0.15, 0.2) is 5.69 Å². The highest BCUT2D eigenvalue weighted by Crippen LogP contribution is 2.19. The van der Waals surface area contributed by atoms with Crippen molar-refractivity contribution >= 4 is 17.6 Å². The van der Waals surface area contributed by atoms with Gasteiger partial charge in [-0.25, -0.2) is 14.4 Å². The molecule has 0 saturated heterocycles. The van der Waals surface area contributed by atoms with Gasteiger partial charge in [0.25, 0.3) is 0 Å². The molecular formula is C11H9NO4.